The Bertz CT molecular complexity index is 1050. The number of aliphatic carboxylic acids is 1. The molecule has 0 radical (unpaired) electrons. The van der Waals surface area contributed by atoms with Crippen molar-refractivity contribution in [2.75, 3.05) is 24.6 Å². The van der Waals surface area contributed by atoms with Crippen LogP contribution in [0.1, 0.15) is 56.2 Å². The lowest BCUT2D eigenvalue weighted by Gasteiger charge is -2.31. The van der Waals surface area contributed by atoms with E-state index in [2.05, 4.69) is 30.1 Å². The standard InChI is InChI=1S/C27H34N2O6/c1-4-29(5-2)21-10-11-22-18(3)23(26(32)35-24(22)16-21)13-14-34-27(33)28-17-20-8-6-7-19(15-20)9-12-25(30)31/h6-8,10-11,15-16,18,23H,4-5,9,12-14,17H2,1-3H3,(H,28,33)(H,30,31). The number of benzene rings is 2. The van der Waals surface area contributed by atoms with Crippen molar-refractivity contribution in [3.05, 3.63) is 59.2 Å². The molecule has 0 bridgehead atoms. The Morgan fingerprint density at radius 3 is 2.57 bits per heavy atom. The number of amides is 1. The highest BCUT2D eigenvalue weighted by Crippen LogP contribution is 2.40. The molecule has 2 atom stereocenters. The maximum atomic E-state index is 12.7. The molecular formula is C27H34N2O6. The minimum absolute atomic E-state index is 0.0443. The molecule has 0 fully saturated rings. The first-order valence-electron chi connectivity index (χ1n) is 12.1. The Labute approximate surface area is 206 Å². The fraction of sp³-hybridized carbons (Fsp3) is 0.444. The number of nitrogens with zero attached hydrogens (tertiary/aromatic N) is 1. The monoisotopic (exact) mass is 482 g/mol. The third-order valence-electron chi connectivity index (χ3n) is 6.45. The molecular weight excluding hydrogens is 448 g/mol. The van der Waals surface area contributed by atoms with Crippen LogP contribution in [-0.4, -0.2) is 42.8 Å². The summed E-state index contributed by atoms with van der Waals surface area (Å²) in [6.45, 7) is 8.28. The van der Waals surface area contributed by atoms with E-state index in [1.165, 1.54) is 0 Å². The summed E-state index contributed by atoms with van der Waals surface area (Å²) in [5.41, 5.74) is 3.77. The largest absolute Gasteiger partial charge is 0.481 e. The van der Waals surface area contributed by atoms with Crippen LogP contribution in [0.4, 0.5) is 10.5 Å². The van der Waals surface area contributed by atoms with Crippen molar-refractivity contribution in [3.8, 4) is 5.75 Å². The number of fused-ring (bicyclic) bond motifs is 1. The molecule has 0 spiro atoms. The average molecular weight is 483 g/mol. The number of anilines is 1. The van der Waals surface area contributed by atoms with Gasteiger partial charge < -0.3 is 24.8 Å². The Morgan fingerprint density at radius 2 is 1.86 bits per heavy atom. The van der Waals surface area contributed by atoms with Gasteiger partial charge in [-0.25, -0.2) is 4.79 Å². The quantitative estimate of drug-likeness (QED) is 0.359. The van der Waals surface area contributed by atoms with Crippen molar-refractivity contribution in [2.24, 2.45) is 5.92 Å². The molecule has 1 heterocycles. The predicted molar refractivity (Wildman–Crippen MR) is 133 cm³/mol. The summed E-state index contributed by atoms with van der Waals surface area (Å²) < 4.78 is 10.9. The number of aryl methyl sites for hydroxylation is 1. The molecule has 0 saturated carbocycles. The Kier molecular flexibility index (Phi) is 9.11. The first-order chi connectivity index (χ1) is 16.8. The smallest absolute Gasteiger partial charge is 0.407 e. The SMILES string of the molecule is CCN(CC)c1ccc2c(c1)OC(=O)C(CCOC(=O)NCc1cccc(CCC(=O)O)c1)C2C. The van der Waals surface area contributed by atoms with Crippen LogP contribution in [0, 0.1) is 5.92 Å². The van der Waals surface area contributed by atoms with Crippen LogP contribution < -0.4 is 15.0 Å². The van der Waals surface area contributed by atoms with Crippen molar-refractivity contribution in [1.82, 2.24) is 5.32 Å². The van der Waals surface area contributed by atoms with E-state index in [-0.39, 0.29) is 37.4 Å². The van der Waals surface area contributed by atoms with Crippen molar-refractivity contribution in [3.63, 3.8) is 0 Å². The number of hydrogen-bond donors (Lipinski definition) is 2. The van der Waals surface area contributed by atoms with Crippen LogP contribution in [0.15, 0.2) is 42.5 Å². The van der Waals surface area contributed by atoms with Gasteiger partial charge in [0.2, 0.25) is 0 Å². The highest BCUT2D eigenvalue weighted by molar-refractivity contribution is 5.80. The fourth-order valence-corrected chi connectivity index (χ4v) is 4.40. The van der Waals surface area contributed by atoms with E-state index in [0.717, 1.165) is 35.5 Å². The maximum Gasteiger partial charge on any atom is 0.407 e. The molecule has 0 aliphatic carbocycles. The normalized spacial score (nSPS) is 16.7. The Hall–Kier alpha value is -3.55. The lowest BCUT2D eigenvalue weighted by atomic mass is 9.83. The van der Waals surface area contributed by atoms with Gasteiger partial charge in [-0.15, -0.1) is 0 Å². The number of carbonyl (C=O) groups is 3. The Balaban J connectivity index is 1.49. The molecule has 2 N–H and O–H groups in total. The van der Waals surface area contributed by atoms with Crippen LogP contribution in [0.5, 0.6) is 5.75 Å². The van der Waals surface area contributed by atoms with Crippen molar-refractivity contribution >= 4 is 23.7 Å². The molecule has 2 aromatic carbocycles. The predicted octanol–water partition coefficient (Wildman–Crippen LogP) is 4.51. The molecule has 8 nitrogen and oxygen atoms in total. The molecule has 3 rings (SSSR count). The van der Waals surface area contributed by atoms with Gasteiger partial charge in [0.05, 0.1) is 12.5 Å². The van der Waals surface area contributed by atoms with E-state index in [1.54, 1.807) is 0 Å². The number of alkyl carbamates (subject to hydrolysis) is 1. The molecule has 1 aliphatic heterocycles. The average Bonchev–Trinajstić information content (AvgIpc) is 2.84. The molecule has 2 unspecified atom stereocenters. The lowest BCUT2D eigenvalue weighted by molar-refractivity contribution is -0.141. The van der Waals surface area contributed by atoms with Crippen LogP contribution >= 0.6 is 0 Å². The van der Waals surface area contributed by atoms with Gasteiger partial charge in [-0.05, 0) is 55.4 Å². The summed E-state index contributed by atoms with van der Waals surface area (Å²) in [6, 6.07) is 13.4. The summed E-state index contributed by atoms with van der Waals surface area (Å²) in [5.74, 6) is -0.977. The minimum Gasteiger partial charge on any atom is -0.481 e. The van der Waals surface area contributed by atoms with E-state index >= 15 is 0 Å². The zero-order chi connectivity index (χ0) is 25.4. The lowest BCUT2D eigenvalue weighted by Crippen LogP contribution is -2.32. The van der Waals surface area contributed by atoms with E-state index in [1.807, 2.05) is 43.3 Å². The summed E-state index contributed by atoms with van der Waals surface area (Å²) in [4.78, 5) is 37.8. The number of carboxylic acids is 1. The molecule has 8 heteroatoms. The topological polar surface area (TPSA) is 105 Å². The van der Waals surface area contributed by atoms with E-state index in [4.69, 9.17) is 14.6 Å². The number of ether oxygens (including phenoxy) is 2. The van der Waals surface area contributed by atoms with E-state index in [9.17, 15) is 14.4 Å². The minimum atomic E-state index is -0.846. The fourth-order valence-electron chi connectivity index (χ4n) is 4.40. The third-order valence-corrected chi connectivity index (χ3v) is 6.45. The molecule has 2 aromatic rings. The number of nitrogens with one attached hydrogen (secondary N) is 1. The van der Waals surface area contributed by atoms with Gasteiger partial charge in [-0.3, -0.25) is 9.59 Å². The number of hydrogen-bond acceptors (Lipinski definition) is 6. The van der Waals surface area contributed by atoms with Gasteiger partial charge in [-0.2, -0.15) is 0 Å². The van der Waals surface area contributed by atoms with Gasteiger partial charge in [0.25, 0.3) is 0 Å². The van der Waals surface area contributed by atoms with Crippen LogP contribution in [0.25, 0.3) is 0 Å². The van der Waals surface area contributed by atoms with Crippen molar-refractivity contribution < 1.29 is 29.0 Å². The summed E-state index contributed by atoms with van der Waals surface area (Å²) in [7, 11) is 0. The summed E-state index contributed by atoms with van der Waals surface area (Å²) in [6.07, 6.45) is 0.295. The molecule has 1 aliphatic rings. The van der Waals surface area contributed by atoms with Crippen molar-refractivity contribution in [2.45, 2.75) is 52.5 Å². The zero-order valence-electron chi connectivity index (χ0n) is 20.6. The van der Waals surface area contributed by atoms with Crippen molar-refractivity contribution in [1.29, 1.82) is 0 Å². The molecule has 35 heavy (non-hydrogen) atoms. The highest BCUT2D eigenvalue weighted by Gasteiger charge is 2.35. The molecule has 1 amide bonds. The third kappa shape index (κ3) is 6.97. The van der Waals surface area contributed by atoms with E-state index in [0.29, 0.717) is 18.6 Å². The number of carboxylic acid groups (broad SMARTS) is 1. The second-order valence-corrected chi connectivity index (χ2v) is 8.70. The van der Waals surface area contributed by atoms with Crippen LogP contribution in [0.2, 0.25) is 0 Å². The van der Waals surface area contributed by atoms with Crippen LogP contribution in [0.3, 0.4) is 0 Å². The summed E-state index contributed by atoms with van der Waals surface area (Å²) >= 11 is 0. The summed E-state index contributed by atoms with van der Waals surface area (Å²) in [5, 5.41) is 11.5. The van der Waals surface area contributed by atoms with Crippen LogP contribution in [-0.2, 0) is 27.3 Å². The second kappa shape index (κ2) is 12.2. The first-order valence-corrected chi connectivity index (χ1v) is 12.1. The Morgan fingerprint density at radius 1 is 1.11 bits per heavy atom. The first kappa shape index (κ1) is 26.1. The zero-order valence-corrected chi connectivity index (χ0v) is 20.6. The van der Waals surface area contributed by atoms with Gasteiger partial charge >= 0.3 is 18.0 Å². The second-order valence-electron chi connectivity index (χ2n) is 8.70. The van der Waals surface area contributed by atoms with Gasteiger partial charge in [-0.1, -0.05) is 37.3 Å². The highest BCUT2D eigenvalue weighted by atomic mass is 16.6. The van der Waals surface area contributed by atoms with Gasteiger partial charge in [0.1, 0.15) is 5.75 Å². The number of rotatable bonds is 11. The van der Waals surface area contributed by atoms with E-state index < -0.39 is 12.1 Å². The maximum absolute atomic E-state index is 12.7. The molecule has 188 valence electrons. The van der Waals surface area contributed by atoms with Gasteiger partial charge in [0, 0.05) is 37.8 Å². The number of carbonyl (C=O) groups excluding carboxylic acids is 2. The van der Waals surface area contributed by atoms with Gasteiger partial charge in [0.15, 0.2) is 0 Å². The number of esters is 1. The molecule has 0 aromatic heterocycles. The molecule has 0 saturated heterocycles.